The van der Waals surface area contributed by atoms with Gasteiger partial charge in [0.25, 0.3) is 5.91 Å². The van der Waals surface area contributed by atoms with Crippen LogP contribution in [0.3, 0.4) is 0 Å². The van der Waals surface area contributed by atoms with Gasteiger partial charge in [0.05, 0.1) is 11.8 Å². The molecule has 0 radical (unpaired) electrons. The smallest absolute Gasteiger partial charge is 0.336 e. The minimum Gasteiger partial charge on any atom is -0.336 e. The van der Waals surface area contributed by atoms with Gasteiger partial charge < -0.3 is 9.80 Å². The Balaban J connectivity index is 1.51. The van der Waals surface area contributed by atoms with Gasteiger partial charge in [-0.25, -0.2) is 4.98 Å². The molecule has 1 aliphatic heterocycles. The zero-order valence-electron chi connectivity index (χ0n) is 16.7. The number of fused-ring (bicyclic) bond motifs is 1. The van der Waals surface area contributed by atoms with Gasteiger partial charge in [-0.3, -0.25) is 19.1 Å². The van der Waals surface area contributed by atoms with Crippen LogP contribution < -0.4 is 0 Å². The summed E-state index contributed by atoms with van der Waals surface area (Å²) in [5, 5.41) is 6.08. The second-order valence-electron chi connectivity index (χ2n) is 7.97. The number of carbonyl (C=O) groups excluding carboxylic acids is 2. The van der Waals surface area contributed by atoms with Crippen molar-refractivity contribution < 1.29 is 22.8 Å². The number of nitrogens with zero attached hydrogens (tertiary/aromatic N) is 5. The molecule has 0 unspecified atom stereocenters. The van der Waals surface area contributed by atoms with Crippen molar-refractivity contribution in [2.24, 2.45) is 0 Å². The molecule has 1 aliphatic carbocycles. The summed E-state index contributed by atoms with van der Waals surface area (Å²) in [7, 11) is 0. The number of amides is 2. The highest BCUT2D eigenvalue weighted by Gasteiger charge is 2.38. The van der Waals surface area contributed by atoms with E-state index < -0.39 is 23.3 Å². The quantitative estimate of drug-likeness (QED) is 0.642. The van der Waals surface area contributed by atoms with Crippen molar-refractivity contribution in [2.75, 3.05) is 19.6 Å². The number of halogens is 4. The Bertz CT molecular complexity index is 1200. The molecule has 0 atom stereocenters. The van der Waals surface area contributed by atoms with Crippen LogP contribution in [0.4, 0.5) is 13.2 Å². The summed E-state index contributed by atoms with van der Waals surface area (Å²) in [6, 6.07) is 1.16. The summed E-state index contributed by atoms with van der Waals surface area (Å²) in [4.78, 5) is 32.6. The van der Waals surface area contributed by atoms with Crippen molar-refractivity contribution in [1.82, 2.24) is 29.4 Å². The number of rotatable bonds is 3. The van der Waals surface area contributed by atoms with Crippen LogP contribution in [0.25, 0.3) is 16.8 Å². The van der Waals surface area contributed by atoms with E-state index in [-0.39, 0.29) is 41.4 Å². The number of hydrogen-bond acceptors (Lipinski definition) is 4. The molecule has 12 heteroatoms. The normalized spacial score (nSPS) is 17.8. The minimum atomic E-state index is -4.72. The highest BCUT2D eigenvalue weighted by atomic mass is 35.5. The van der Waals surface area contributed by atoms with Crippen LogP contribution in [0.15, 0.2) is 24.7 Å². The van der Waals surface area contributed by atoms with Gasteiger partial charge in [0.1, 0.15) is 11.7 Å². The molecule has 2 fully saturated rings. The largest absolute Gasteiger partial charge is 0.420 e. The zero-order valence-corrected chi connectivity index (χ0v) is 17.4. The average molecular weight is 467 g/mol. The standard InChI is InChI=1S/C20H18ClF3N6O2/c21-17-16(19(32)28-4-5-29(15(31)10-28)13-2-1-3-13)27-18-14(20(22,23)24)6-11(9-30(17)18)12-7-25-26-8-12/h6-9,13H,1-5,10H2,(H,25,26). The number of alkyl halides is 3. The monoisotopic (exact) mass is 466 g/mol. The van der Waals surface area contributed by atoms with E-state index in [1.807, 2.05) is 0 Å². The van der Waals surface area contributed by atoms with Crippen LogP contribution in [0.5, 0.6) is 0 Å². The van der Waals surface area contributed by atoms with E-state index >= 15 is 0 Å². The summed E-state index contributed by atoms with van der Waals surface area (Å²) >= 11 is 6.34. The molecule has 0 spiro atoms. The third-order valence-electron chi connectivity index (χ3n) is 6.06. The van der Waals surface area contributed by atoms with Crippen LogP contribution in [-0.2, 0) is 11.0 Å². The maximum atomic E-state index is 13.8. The Labute approximate surface area is 185 Å². The Hall–Kier alpha value is -3.08. The zero-order chi connectivity index (χ0) is 22.6. The summed E-state index contributed by atoms with van der Waals surface area (Å²) in [6.07, 6.45) is 2.48. The summed E-state index contributed by atoms with van der Waals surface area (Å²) in [5.74, 6) is -0.842. The van der Waals surface area contributed by atoms with E-state index in [4.69, 9.17) is 11.6 Å². The van der Waals surface area contributed by atoms with E-state index in [9.17, 15) is 22.8 Å². The van der Waals surface area contributed by atoms with E-state index in [0.717, 1.165) is 29.7 Å². The highest BCUT2D eigenvalue weighted by Crippen LogP contribution is 2.37. The molecule has 1 saturated heterocycles. The van der Waals surface area contributed by atoms with Crippen molar-refractivity contribution >= 4 is 29.1 Å². The van der Waals surface area contributed by atoms with Crippen molar-refractivity contribution in [3.8, 4) is 11.1 Å². The Morgan fingerprint density at radius 2 is 2.00 bits per heavy atom. The minimum absolute atomic E-state index is 0.147. The molecule has 0 bridgehead atoms. The number of piperazine rings is 1. The molecule has 3 aromatic rings. The molecule has 5 rings (SSSR count). The first-order valence-corrected chi connectivity index (χ1v) is 10.5. The summed E-state index contributed by atoms with van der Waals surface area (Å²) < 4.78 is 42.4. The van der Waals surface area contributed by atoms with Crippen LogP contribution >= 0.6 is 11.6 Å². The highest BCUT2D eigenvalue weighted by molar-refractivity contribution is 6.33. The average Bonchev–Trinajstić information content (AvgIpc) is 3.35. The predicted octanol–water partition coefficient (Wildman–Crippen LogP) is 3.23. The summed E-state index contributed by atoms with van der Waals surface area (Å²) in [6.45, 7) is 0.516. The molecule has 1 N–H and O–H groups in total. The lowest BCUT2D eigenvalue weighted by Crippen LogP contribution is -2.56. The van der Waals surface area contributed by atoms with Crippen molar-refractivity contribution in [2.45, 2.75) is 31.5 Å². The van der Waals surface area contributed by atoms with Crippen LogP contribution in [0.1, 0.15) is 35.3 Å². The number of aromatic amines is 1. The van der Waals surface area contributed by atoms with Crippen molar-refractivity contribution in [3.05, 3.63) is 41.1 Å². The van der Waals surface area contributed by atoms with Gasteiger partial charge in [-0.1, -0.05) is 11.6 Å². The number of hydrogen-bond donors (Lipinski definition) is 1. The van der Waals surface area contributed by atoms with Gasteiger partial charge in [-0.05, 0) is 25.3 Å². The first-order chi connectivity index (χ1) is 15.2. The molecule has 1 saturated carbocycles. The van der Waals surface area contributed by atoms with E-state index in [2.05, 4.69) is 15.2 Å². The molecule has 2 amide bonds. The molecule has 0 aromatic carbocycles. The van der Waals surface area contributed by atoms with E-state index in [1.54, 1.807) is 4.90 Å². The molecule has 2 aliphatic rings. The molecule has 168 valence electrons. The number of imidazole rings is 1. The van der Waals surface area contributed by atoms with Crippen LogP contribution in [0.2, 0.25) is 5.15 Å². The number of H-pyrrole nitrogens is 1. The van der Waals surface area contributed by atoms with E-state index in [0.29, 0.717) is 12.1 Å². The fraction of sp³-hybridized carbons (Fsp3) is 0.400. The van der Waals surface area contributed by atoms with Crippen LogP contribution in [0, 0.1) is 0 Å². The van der Waals surface area contributed by atoms with Gasteiger partial charge in [-0.2, -0.15) is 18.3 Å². The third kappa shape index (κ3) is 3.40. The Kier molecular flexibility index (Phi) is 4.88. The van der Waals surface area contributed by atoms with Crippen LogP contribution in [-0.4, -0.2) is 66.9 Å². The number of carbonyl (C=O) groups is 2. The maximum absolute atomic E-state index is 13.8. The fourth-order valence-electron chi connectivity index (χ4n) is 4.12. The number of aromatic nitrogens is 4. The lowest BCUT2D eigenvalue weighted by molar-refractivity contribution is -0.139. The predicted molar refractivity (Wildman–Crippen MR) is 108 cm³/mol. The Morgan fingerprint density at radius 3 is 2.59 bits per heavy atom. The SMILES string of the molecule is O=C(c1nc2c(C(F)(F)F)cc(-c3cn[nH]c3)cn2c1Cl)N1CCN(C2CCC2)C(=O)C1. The number of pyridine rings is 1. The molecule has 32 heavy (non-hydrogen) atoms. The molecule has 4 heterocycles. The van der Waals surface area contributed by atoms with Gasteiger partial charge in [-0.15, -0.1) is 0 Å². The number of nitrogens with one attached hydrogen (secondary N) is 1. The van der Waals surface area contributed by atoms with Crippen molar-refractivity contribution in [3.63, 3.8) is 0 Å². The van der Waals surface area contributed by atoms with E-state index in [1.165, 1.54) is 23.5 Å². The third-order valence-corrected chi connectivity index (χ3v) is 6.42. The first-order valence-electron chi connectivity index (χ1n) is 10.1. The molecular weight excluding hydrogens is 449 g/mol. The maximum Gasteiger partial charge on any atom is 0.420 e. The van der Waals surface area contributed by atoms with Gasteiger partial charge in [0.15, 0.2) is 11.3 Å². The van der Waals surface area contributed by atoms with Crippen molar-refractivity contribution in [1.29, 1.82) is 0 Å². The first kappa shape index (κ1) is 20.8. The summed E-state index contributed by atoms with van der Waals surface area (Å²) in [5.41, 5.74) is -1.18. The fourth-order valence-corrected chi connectivity index (χ4v) is 4.37. The molecular formula is C20H18ClF3N6O2. The second-order valence-corrected chi connectivity index (χ2v) is 8.33. The topological polar surface area (TPSA) is 86.6 Å². The molecule has 3 aromatic heterocycles. The molecule has 8 nitrogen and oxygen atoms in total. The van der Waals surface area contributed by atoms with Gasteiger partial charge in [0, 0.05) is 42.7 Å². The van der Waals surface area contributed by atoms with Gasteiger partial charge in [0.2, 0.25) is 5.91 Å². The second kappa shape index (κ2) is 7.51. The lowest BCUT2D eigenvalue weighted by Gasteiger charge is -2.42. The van der Waals surface area contributed by atoms with Gasteiger partial charge >= 0.3 is 6.18 Å². The lowest BCUT2D eigenvalue weighted by atomic mass is 9.91. The Morgan fingerprint density at radius 1 is 1.22 bits per heavy atom.